The first-order valence-corrected chi connectivity index (χ1v) is 9.40. The minimum Gasteiger partial charge on any atom is -0.459 e. The number of anilines is 2. The molecule has 2 aromatic rings. The molecule has 4 heterocycles. The van der Waals surface area contributed by atoms with Crippen molar-refractivity contribution >= 4 is 23.6 Å². The molecule has 2 saturated heterocycles. The molecule has 4 rings (SSSR count). The molecule has 0 aromatic carbocycles. The summed E-state index contributed by atoms with van der Waals surface area (Å²) >= 11 is 0. The number of aromatic nitrogens is 3. The van der Waals surface area contributed by atoms with Crippen molar-refractivity contribution in [3.8, 4) is 0 Å². The Bertz CT molecular complexity index is 825. The molecule has 2 amide bonds. The molecule has 0 aliphatic carbocycles. The Morgan fingerprint density at radius 2 is 1.64 bits per heavy atom. The van der Waals surface area contributed by atoms with Crippen LogP contribution >= 0.6 is 0 Å². The van der Waals surface area contributed by atoms with E-state index in [4.69, 9.17) is 4.42 Å². The summed E-state index contributed by atoms with van der Waals surface area (Å²) in [6.45, 7) is 6.82. The summed E-state index contributed by atoms with van der Waals surface area (Å²) in [7, 11) is 0. The van der Waals surface area contributed by atoms with E-state index in [9.17, 15) is 9.59 Å². The van der Waals surface area contributed by atoms with Crippen LogP contribution in [0.25, 0.3) is 0 Å². The highest BCUT2D eigenvalue weighted by molar-refractivity contribution is 5.91. The molecule has 0 saturated carbocycles. The summed E-state index contributed by atoms with van der Waals surface area (Å²) in [6, 6.07) is 3.40. The molecule has 10 heteroatoms. The van der Waals surface area contributed by atoms with Gasteiger partial charge in [0.15, 0.2) is 11.6 Å². The molecule has 2 aromatic heterocycles. The van der Waals surface area contributed by atoms with Gasteiger partial charge in [-0.15, -0.1) is 5.10 Å². The molecule has 2 aliphatic heterocycles. The summed E-state index contributed by atoms with van der Waals surface area (Å²) < 4.78 is 5.20. The standard InChI is InChI=1S/C18H23N7O3/c1-14(26)22-4-10-25(11-5-22)18-20-16(13-19-21-18)23-6-8-24(9-7-23)17(27)15-3-2-12-28-15/h2-3,12-13H,4-11H2,1H3. The molecule has 2 aliphatic rings. The minimum absolute atomic E-state index is 0.0884. The number of amides is 2. The van der Waals surface area contributed by atoms with E-state index in [0.717, 1.165) is 5.82 Å². The Kier molecular flexibility index (Phi) is 5.09. The molecule has 0 radical (unpaired) electrons. The summed E-state index contributed by atoms with van der Waals surface area (Å²) in [4.78, 5) is 36.3. The van der Waals surface area contributed by atoms with Gasteiger partial charge in [-0.2, -0.15) is 10.1 Å². The Hall–Kier alpha value is -3.17. The van der Waals surface area contributed by atoms with Crippen LogP contribution < -0.4 is 9.80 Å². The van der Waals surface area contributed by atoms with E-state index in [2.05, 4.69) is 20.1 Å². The Labute approximate surface area is 162 Å². The molecule has 148 valence electrons. The van der Waals surface area contributed by atoms with Crippen molar-refractivity contribution < 1.29 is 14.0 Å². The van der Waals surface area contributed by atoms with Crippen LogP contribution in [0.5, 0.6) is 0 Å². The quantitative estimate of drug-likeness (QED) is 0.733. The average Bonchev–Trinajstić information content (AvgIpc) is 3.28. The SMILES string of the molecule is CC(=O)N1CCN(c2nncc(N3CCN(C(=O)c4ccco4)CC3)n2)CC1. The van der Waals surface area contributed by atoms with Gasteiger partial charge in [-0.1, -0.05) is 0 Å². The second-order valence-corrected chi connectivity index (χ2v) is 6.86. The van der Waals surface area contributed by atoms with Crippen LogP contribution in [-0.2, 0) is 4.79 Å². The van der Waals surface area contributed by atoms with Crippen molar-refractivity contribution in [2.75, 3.05) is 62.2 Å². The fourth-order valence-electron chi connectivity index (χ4n) is 3.49. The zero-order valence-electron chi connectivity index (χ0n) is 15.8. The molecule has 0 N–H and O–H groups in total. The lowest BCUT2D eigenvalue weighted by Crippen LogP contribution is -2.50. The van der Waals surface area contributed by atoms with Gasteiger partial charge in [0.2, 0.25) is 11.9 Å². The van der Waals surface area contributed by atoms with Gasteiger partial charge in [0, 0.05) is 59.3 Å². The van der Waals surface area contributed by atoms with Gasteiger partial charge in [-0.05, 0) is 12.1 Å². The zero-order chi connectivity index (χ0) is 19.5. The zero-order valence-corrected chi connectivity index (χ0v) is 15.8. The normalized spacial score (nSPS) is 17.8. The summed E-state index contributed by atoms with van der Waals surface area (Å²) in [5.74, 6) is 1.70. The van der Waals surface area contributed by atoms with Gasteiger partial charge in [0.1, 0.15) is 0 Å². The number of furan rings is 1. The molecule has 0 unspecified atom stereocenters. The Balaban J connectivity index is 1.36. The second kappa shape index (κ2) is 7.83. The van der Waals surface area contributed by atoms with Crippen molar-refractivity contribution in [2.24, 2.45) is 0 Å². The van der Waals surface area contributed by atoms with Gasteiger partial charge in [-0.25, -0.2) is 0 Å². The highest BCUT2D eigenvalue weighted by atomic mass is 16.3. The lowest BCUT2D eigenvalue weighted by Gasteiger charge is -2.36. The lowest BCUT2D eigenvalue weighted by atomic mass is 10.3. The largest absolute Gasteiger partial charge is 0.459 e. The lowest BCUT2D eigenvalue weighted by molar-refractivity contribution is -0.129. The third kappa shape index (κ3) is 3.75. The van der Waals surface area contributed by atoms with Gasteiger partial charge in [0.25, 0.3) is 5.91 Å². The van der Waals surface area contributed by atoms with Crippen LogP contribution in [0.1, 0.15) is 17.5 Å². The number of nitrogens with zero attached hydrogens (tertiary/aromatic N) is 7. The fourth-order valence-corrected chi connectivity index (χ4v) is 3.49. The van der Waals surface area contributed by atoms with Crippen molar-refractivity contribution in [3.63, 3.8) is 0 Å². The van der Waals surface area contributed by atoms with Crippen LogP contribution in [0, 0.1) is 0 Å². The van der Waals surface area contributed by atoms with Crippen LogP contribution in [0.2, 0.25) is 0 Å². The smallest absolute Gasteiger partial charge is 0.289 e. The molecular formula is C18H23N7O3. The minimum atomic E-state index is -0.0884. The van der Waals surface area contributed by atoms with E-state index in [1.165, 1.54) is 6.26 Å². The van der Waals surface area contributed by atoms with Gasteiger partial charge in [-0.3, -0.25) is 9.59 Å². The molecule has 10 nitrogen and oxygen atoms in total. The first kappa shape index (κ1) is 18.2. The number of hydrogen-bond acceptors (Lipinski definition) is 8. The highest BCUT2D eigenvalue weighted by Crippen LogP contribution is 2.18. The summed E-state index contributed by atoms with van der Waals surface area (Å²) in [6.07, 6.45) is 3.16. The van der Waals surface area contributed by atoms with Gasteiger partial charge >= 0.3 is 0 Å². The number of carbonyl (C=O) groups excluding carboxylic acids is 2. The number of piperazine rings is 2. The fraction of sp³-hybridized carbons (Fsp3) is 0.500. The van der Waals surface area contributed by atoms with Crippen LogP contribution in [-0.4, -0.2) is 89.2 Å². The van der Waals surface area contributed by atoms with Crippen LogP contribution in [0.3, 0.4) is 0 Å². The van der Waals surface area contributed by atoms with Crippen molar-refractivity contribution in [1.82, 2.24) is 25.0 Å². The molecule has 2 fully saturated rings. The number of hydrogen-bond donors (Lipinski definition) is 0. The molecular weight excluding hydrogens is 362 g/mol. The molecule has 0 spiro atoms. The maximum Gasteiger partial charge on any atom is 0.289 e. The second-order valence-electron chi connectivity index (χ2n) is 6.86. The van der Waals surface area contributed by atoms with E-state index >= 15 is 0 Å². The molecule has 28 heavy (non-hydrogen) atoms. The van der Waals surface area contributed by atoms with E-state index in [1.807, 2.05) is 9.80 Å². The summed E-state index contributed by atoms with van der Waals surface area (Å²) in [5, 5.41) is 8.27. The molecule has 0 bridgehead atoms. The Morgan fingerprint density at radius 3 is 2.29 bits per heavy atom. The topological polar surface area (TPSA) is 98.9 Å². The number of rotatable bonds is 3. The number of carbonyl (C=O) groups is 2. The maximum atomic E-state index is 12.4. The third-order valence-corrected chi connectivity index (χ3v) is 5.17. The predicted octanol–water partition coefficient (Wildman–Crippen LogP) is 0.0955. The van der Waals surface area contributed by atoms with Crippen LogP contribution in [0.4, 0.5) is 11.8 Å². The van der Waals surface area contributed by atoms with E-state index in [0.29, 0.717) is 64.1 Å². The van der Waals surface area contributed by atoms with Gasteiger partial charge < -0.3 is 24.0 Å². The first-order valence-electron chi connectivity index (χ1n) is 9.40. The van der Waals surface area contributed by atoms with Gasteiger partial charge in [0.05, 0.1) is 12.5 Å². The van der Waals surface area contributed by atoms with Crippen molar-refractivity contribution in [3.05, 3.63) is 30.4 Å². The van der Waals surface area contributed by atoms with E-state index in [1.54, 1.807) is 30.2 Å². The molecule has 0 atom stereocenters. The van der Waals surface area contributed by atoms with E-state index < -0.39 is 0 Å². The van der Waals surface area contributed by atoms with Crippen LogP contribution in [0.15, 0.2) is 29.0 Å². The monoisotopic (exact) mass is 385 g/mol. The third-order valence-electron chi connectivity index (χ3n) is 5.17. The van der Waals surface area contributed by atoms with Crippen molar-refractivity contribution in [1.29, 1.82) is 0 Å². The van der Waals surface area contributed by atoms with Crippen molar-refractivity contribution in [2.45, 2.75) is 6.92 Å². The average molecular weight is 385 g/mol. The Morgan fingerprint density at radius 1 is 0.964 bits per heavy atom. The van der Waals surface area contributed by atoms with E-state index in [-0.39, 0.29) is 11.8 Å². The maximum absolute atomic E-state index is 12.4. The summed E-state index contributed by atoms with van der Waals surface area (Å²) in [5.41, 5.74) is 0. The highest BCUT2D eigenvalue weighted by Gasteiger charge is 2.26. The first-order chi connectivity index (χ1) is 13.6. The predicted molar refractivity (Wildman–Crippen MR) is 101 cm³/mol.